The molecule has 532 valence electrons. The van der Waals surface area contributed by atoms with E-state index in [4.69, 9.17) is 18.9 Å². The van der Waals surface area contributed by atoms with Gasteiger partial charge in [0.2, 0.25) is 0 Å². The van der Waals surface area contributed by atoms with Crippen LogP contribution >= 0.6 is 0 Å². The fraction of sp³-hybridized carbons (Fsp3) is 0.630. The molecule has 11 saturated heterocycles. The first-order valence-electron chi connectivity index (χ1n) is 31.2. The van der Waals surface area contributed by atoms with Crippen molar-refractivity contribution in [3.05, 3.63) is 46.5 Å². The minimum atomic E-state index is -4.38. The molecule has 13 heterocycles. The van der Waals surface area contributed by atoms with Gasteiger partial charge in [-0.1, -0.05) is 0 Å². The fourth-order valence-electron chi connectivity index (χ4n) is 16.9. The number of benzene rings is 2. The second kappa shape index (κ2) is 22.5. The van der Waals surface area contributed by atoms with Gasteiger partial charge >= 0.3 is 67.7 Å². The van der Waals surface area contributed by atoms with Gasteiger partial charge in [-0.25, -0.2) is 38.4 Å². The van der Waals surface area contributed by atoms with Crippen LogP contribution < -0.4 is 18.9 Å². The zero-order valence-corrected chi connectivity index (χ0v) is 59.9. The van der Waals surface area contributed by atoms with Gasteiger partial charge in [-0.2, -0.15) is 33.7 Å². The van der Waals surface area contributed by atoms with Crippen LogP contribution in [0.5, 0.6) is 23.0 Å². The van der Waals surface area contributed by atoms with Gasteiger partial charge in [-0.15, -0.1) is 0 Å². The molecule has 0 aliphatic carbocycles. The first-order chi connectivity index (χ1) is 45.9. The summed E-state index contributed by atoms with van der Waals surface area (Å²) in [5, 5.41) is 0. The largest absolute Gasteiger partial charge is 2.00 e. The number of carbonyl (C=O) groups is 8. The van der Waals surface area contributed by atoms with Crippen LogP contribution in [0, 0.1) is 0 Å². The van der Waals surface area contributed by atoms with Crippen LogP contribution in [-0.4, -0.2) is 315 Å². The molecule has 15 rings (SSSR count). The van der Waals surface area contributed by atoms with E-state index in [9.17, 15) is 51.9 Å². The number of hydrogen-bond acceptors (Lipinski definition) is 20. The van der Waals surface area contributed by atoms with E-state index in [0.29, 0.717) is 22.3 Å². The van der Waals surface area contributed by atoms with Gasteiger partial charge in [-0.3, -0.25) is 96.6 Å². The van der Waals surface area contributed by atoms with Crippen LogP contribution in [0.25, 0.3) is 0 Å². The van der Waals surface area contributed by atoms with Gasteiger partial charge < -0.3 is 18.9 Å². The number of nitrogens with zero attached hydrogens (tertiary/aromatic N) is 16. The Labute approximate surface area is 578 Å². The van der Waals surface area contributed by atoms with Crippen LogP contribution in [0.15, 0.2) is 24.3 Å². The normalized spacial score (nSPS) is 29.3. The zero-order chi connectivity index (χ0) is 70.0. The summed E-state index contributed by atoms with van der Waals surface area (Å²) in [5.74, 6) is -2.01. The van der Waals surface area contributed by atoms with Crippen molar-refractivity contribution in [1.29, 1.82) is 0 Å². The smallest absolute Gasteiger partial charge is 0.493 e. The monoisotopic (exact) mass is 1520 g/mol. The third-order valence-electron chi connectivity index (χ3n) is 21.9. The molecule has 11 fully saturated rings. The quantitative estimate of drug-likeness (QED) is 0.0763. The third-order valence-corrected chi connectivity index (χ3v) is 25.1. The summed E-state index contributed by atoms with van der Waals surface area (Å²) in [6, 6.07) is 0.128. The summed E-state index contributed by atoms with van der Waals surface area (Å²) in [5.41, 5.74) is -5.55. The number of rotatable bonds is 20. The maximum absolute atomic E-state index is 15.6. The number of hydrogen-bond donors (Lipinski definition) is 4. The van der Waals surface area contributed by atoms with E-state index in [1.165, 1.54) is 103 Å². The molecular formula is C54H68N16O24S4Zn+2. The maximum atomic E-state index is 15.6. The number of amides is 16. The molecule has 0 atom stereocenters. The molecule has 2 aromatic rings. The summed E-state index contributed by atoms with van der Waals surface area (Å²) >= 11 is 0. The molecule has 0 saturated carbocycles. The van der Waals surface area contributed by atoms with Crippen LogP contribution in [0.3, 0.4) is 0 Å². The zero-order valence-electron chi connectivity index (χ0n) is 53.6. The number of carbonyl (C=O) groups excluding carboxylic acids is 8. The fourth-order valence-corrected chi connectivity index (χ4v) is 18.8. The van der Waals surface area contributed by atoms with Gasteiger partial charge in [-0.05, 0) is 77.6 Å². The van der Waals surface area contributed by atoms with Crippen molar-refractivity contribution in [3.8, 4) is 23.0 Å². The molecule has 45 heteroatoms. The number of ether oxygens (including phenoxy) is 4. The first kappa shape index (κ1) is 68.2. The summed E-state index contributed by atoms with van der Waals surface area (Å²) in [7, 11) is -17.5. The average molecular weight is 1520 g/mol. The van der Waals surface area contributed by atoms with E-state index in [1.807, 2.05) is 0 Å². The Morgan fingerprint density at radius 2 is 0.505 bits per heavy atom. The molecule has 0 radical (unpaired) electrons. The summed E-state index contributed by atoms with van der Waals surface area (Å²) in [6.07, 6.45) is -5.79. The van der Waals surface area contributed by atoms with Crippen molar-refractivity contribution in [1.82, 2.24) is 78.4 Å². The van der Waals surface area contributed by atoms with Crippen molar-refractivity contribution in [3.63, 3.8) is 0 Å². The minimum absolute atomic E-state index is 0. The molecule has 4 N–H and O–H groups in total. The molecule has 0 spiro atoms. The molecule has 13 aliphatic rings. The van der Waals surface area contributed by atoms with E-state index < -0.39 is 199 Å². The molecule has 13 aliphatic heterocycles. The Morgan fingerprint density at radius 3 is 0.697 bits per heavy atom. The van der Waals surface area contributed by atoms with E-state index >= 15 is 38.4 Å². The van der Waals surface area contributed by atoms with Crippen molar-refractivity contribution >= 4 is 88.7 Å². The maximum Gasteiger partial charge on any atom is 2.00 e. The summed E-state index contributed by atoms with van der Waals surface area (Å²) < 4.78 is 155. The Kier molecular flexibility index (Phi) is 15.5. The van der Waals surface area contributed by atoms with Crippen molar-refractivity contribution in [2.24, 2.45) is 0 Å². The van der Waals surface area contributed by atoms with Crippen LogP contribution in [0.1, 0.15) is 75.6 Å². The summed E-state index contributed by atoms with van der Waals surface area (Å²) in [4.78, 5) is 146. The summed E-state index contributed by atoms with van der Waals surface area (Å²) in [6.45, 7) is 0.998. The predicted octanol–water partition coefficient (Wildman–Crippen LogP) is -0.106. The molecule has 0 aromatic heterocycles. The van der Waals surface area contributed by atoms with Crippen LogP contribution in [-0.2, 0) is 86.1 Å². The Morgan fingerprint density at radius 1 is 0.323 bits per heavy atom. The van der Waals surface area contributed by atoms with Crippen LogP contribution in [0.4, 0.5) is 38.4 Å². The topological polar surface area (TPSA) is 443 Å². The van der Waals surface area contributed by atoms with E-state index in [2.05, 4.69) is 0 Å². The standard InChI is InChI=1S/C54H68N16O24S4.Zn/c1-51-53(3)67-27-59-41-39-55(43(59)71)25-57-40-42-61(45(57)73)29-69-49(77)65-23-33-34(38(94-16-8-20-98(88,89)90)12-11-37(33)93-15-7-19-97(85,86)87)24-66-50(78)70(54(69,4)52(65,66)2)30-62(42)46(74)58(40)26-56(39)44(72)60(41)28-68(53)48(76)64(51)22-32-31(21-63(51)47(67)75)35(91-13-5-17-95(79,80)81)9-10-36(32)92-14-6-18-96(82,83)84;/h9-12,39-42H,5-8,13-30H2,1-4H3,(H,79,80,81)(H,82,83,84)(H,85,86,87)(H,88,89,90);/q;+2. The van der Waals surface area contributed by atoms with E-state index in [0.717, 1.165) is 0 Å². The Hall–Kier alpha value is -7.94. The molecule has 2 aromatic carbocycles. The van der Waals surface area contributed by atoms with Crippen molar-refractivity contribution in [2.45, 2.75) is 127 Å². The van der Waals surface area contributed by atoms with Gasteiger partial charge in [0, 0.05) is 22.3 Å². The average Bonchev–Trinajstić information content (AvgIpc) is 1.50. The number of urea groups is 8. The van der Waals surface area contributed by atoms with Crippen molar-refractivity contribution < 1.29 is 129 Å². The molecule has 40 nitrogen and oxygen atoms in total. The van der Waals surface area contributed by atoms with Crippen molar-refractivity contribution in [2.75, 3.05) is 89.5 Å². The first-order valence-corrected chi connectivity index (χ1v) is 37.7. The van der Waals surface area contributed by atoms with Gasteiger partial charge in [0.1, 0.15) is 63.0 Å². The van der Waals surface area contributed by atoms with Gasteiger partial charge in [0.15, 0.2) is 47.3 Å². The molecular weight excluding hydrogens is 1450 g/mol. The minimum Gasteiger partial charge on any atom is -0.493 e. The molecule has 0 bridgehead atoms. The molecule has 99 heavy (non-hydrogen) atoms. The Bertz CT molecular complexity index is 3880. The predicted molar refractivity (Wildman–Crippen MR) is 324 cm³/mol. The second-order valence-corrected chi connectivity index (χ2v) is 32.9. The second-order valence-electron chi connectivity index (χ2n) is 26.7. The van der Waals surface area contributed by atoms with E-state index in [1.54, 1.807) is 27.7 Å². The van der Waals surface area contributed by atoms with Crippen LogP contribution in [0.2, 0.25) is 0 Å². The Balaban J connectivity index is 0.00000836. The van der Waals surface area contributed by atoms with E-state index in [-0.39, 0.29) is 121 Å². The number of fused-ring (bicyclic) bond motifs is 2. The molecule has 0 unspecified atom stereocenters. The SMILES string of the molecule is CC12N3Cc4c(OCCCS(=O)(=O)O)ccc(OCCCS(=O)(=O)O)c4CN1C(=O)N1CN4C(=O)N5CN6C(=O)N7CN8C(=O)N9Cc%10c(OCCCS(=O)(=O)O)ccc(OCCCS(=O)(=O)O)c%10CN%10C(=O)N(CN%11C(=O)N(CN%12C(=O)N(CN(C3=O)C12C)C4C%125)C6C%117)C8(C)C%109C.[Zn+2]. The van der Waals surface area contributed by atoms with Gasteiger partial charge in [0.25, 0.3) is 40.5 Å². The third kappa shape index (κ3) is 9.72. The van der Waals surface area contributed by atoms with Gasteiger partial charge in [0.05, 0.1) is 75.6 Å². The molecule has 16 amide bonds.